The molecular formula is C16H16O10. The van der Waals surface area contributed by atoms with E-state index in [4.69, 9.17) is 9.47 Å². The molecular weight excluding hydrogens is 352 g/mol. The van der Waals surface area contributed by atoms with Gasteiger partial charge in [0.1, 0.15) is 0 Å². The highest BCUT2D eigenvalue weighted by atomic mass is 16.6. The molecule has 10 heteroatoms. The molecule has 2 heterocycles. The molecule has 0 saturated carbocycles. The Balaban J connectivity index is 1.66. The second-order valence-corrected chi connectivity index (χ2v) is 5.07. The monoisotopic (exact) mass is 368 g/mol. The van der Waals surface area contributed by atoms with Gasteiger partial charge in [-0.05, 0) is 13.8 Å². The first kappa shape index (κ1) is 19.0. The van der Waals surface area contributed by atoms with Crippen LogP contribution in [0.25, 0.3) is 0 Å². The third-order valence-corrected chi connectivity index (χ3v) is 3.14. The van der Waals surface area contributed by atoms with Crippen LogP contribution in [0.1, 0.15) is 35.9 Å². The minimum atomic E-state index is -0.864. The summed E-state index contributed by atoms with van der Waals surface area (Å²) < 4.78 is 28.4. The molecule has 0 aliphatic heterocycles. The van der Waals surface area contributed by atoms with Gasteiger partial charge in [0.25, 0.3) is 0 Å². The molecule has 0 radical (unpaired) electrons. The number of hydrogen-bond acceptors (Lipinski definition) is 10. The summed E-state index contributed by atoms with van der Waals surface area (Å²) in [5.41, 5.74) is 0. The normalized spacial score (nSPS) is 11.0. The minimum Gasteiger partial charge on any atom is -0.457 e. The number of esters is 2. The fourth-order valence-electron chi connectivity index (χ4n) is 1.78. The molecule has 0 atom stereocenters. The number of ether oxygens (including phenoxy) is 2. The van der Waals surface area contributed by atoms with Crippen LogP contribution < -0.4 is 11.6 Å². The van der Waals surface area contributed by atoms with Crippen LogP contribution in [-0.4, -0.2) is 11.9 Å². The molecule has 0 aliphatic carbocycles. The molecule has 0 N–H and O–H groups in total. The van der Waals surface area contributed by atoms with Gasteiger partial charge in [-0.2, -0.15) is 0 Å². The average Bonchev–Trinajstić information content (AvgIpc) is 3.07. The molecule has 140 valence electrons. The number of hydrogen-bond donors (Lipinski definition) is 0. The zero-order valence-corrected chi connectivity index (χ0v) is 14.1. The van der Waals surface area contributed by atoms with Crippen LogP contribution in [0.3, 0.4) is 0 Å². The Labute approximate surface area is 146 Å². The average molecular weight is 368 g/mol. The van der Waals surface area contributed by atoms with Gasteiger partial charge in [-0.15, -0.1) is 0 Å². The van der Waals surface area contributed by atoms with Crippen molar-refractivity contribution in [3.63, 3.8) is 0 Å². The van der Waals surface area contributed by atoms with E-state index in [0.717, 1.165) is 0 Å². The van der Waals surface area contributed by atoms with Gasteiger partial charge in [0.05, 0.1) is 12.8 Å². The van der Waals surface area contributed by atoms with E-state index in [1.54, 1.807) is 0 Å². The molecule has 0 aliphatic rings. The second kappa shape index (κ2) is 8.70. The highest BCUT2D eigenvalue weighted by Crippen LogP contribution is 2.08. The summed E-state index contributed by atoms with van der Waals surface area (Å²) >= 11 is 0. The second-order valence-electron chi connectivity index (χ2n) is 5.07. The Bertz CT molecular complexity index is 830. The van der Waals surface area contributed by atoms with Crippen LogP contribution in [0.2, 0.25) is 0 Å². The summed E-state index contributed by atoms with van der Waals surface area (Å²) in [6, 6.07) is 0. The van der Waals surface area contributed by atoms with Gasteiger partial charge in [0, 0.05) is 0 Å². The van der Waals surface area contributed by atoms with E-state index in [2.05, 4.69) is 17.7 Å². The van der Waals surface area contributed by atoms with E-state index in [1.807, 2.05) is 0 Å². The van der Waals surface area contributed by atoms with Gasteiger partial charge in [0.15, 0.2) is 36.3 Å². The van der Waals surface area contributed by atoms with Crippen molar-refractivity contribution >= 4 is 11.9 Å². The van der Waals surface area contributed by atoms with E-state index < -0.39 is 23.6 Å². The maximum atomic E-state index is 11.5. The molecule has 0 bridgehead atoms. The Morgan fingerprint density at radius 3 is 1.46 bits per heavy atom. The quantitative estimate of drug-likeness (QED) is 0.497. The number of carbonyl (C=O) groups is 2. The third-order valence-electron chi connectivity index (χ3n) is 3.14. The van der Waals surface area contributed by atoms with Gasteiger partial charge in [0.2, 0.25) is 0 Å². The molecule has 2 aromatic rings. The van der Waals surface area contributed by atoms with Crippen LogP contribution in [-0.2, 0) is 32.3 Å². The number of rotatable bonds is 8. The Morgan fingerprint density at radius 2 is 1.15 bits per heavy atom. The molecule has 0 fully saturated rings. The molecule has 10 nitrogen and oxygen atoms in total. The Kier molecular flexibility index (Phi) is 6.36. The summed E-state index contributed by atoms with van der Waals surface area (Å²) in [5, 5.41) is 0. The van der Waals surface area contributed by atoms with Crippen molar-refractivity contribution in [3.05, 3.63) is 56.4 Å². The van der Waals surface area contributed by atoms with Gasteiger partial charge in [-0.3, -0.25) is 9.59 Å². The number of carbonyl (C=O) groups excluding carboxylic acids is 2. The predicted octanol–water partition coefficient (Wildman–Crippen LogP) is 1.52. The van der Waals surface area contributed by atoms with Crippen molar-refractivity contribution in [1.82, 2.24) is 0 Å². The van der Waals surface area contributed by atoms with Gasteiger partial charge < -0.3 is 27.1 Å². The van der Waals surface area contributed by atoms with Crippen molar-refractivity contribution in [3.8, 4) is 0 Å². The van der Waals surface area contributed by atoms with Crippen molar-refractivity contribution < 1.29 is 36.7 Å². The molecule has 2 aromatic heterocycles. The lowest BCUT2D eigenvalue weighted by Crippen LogP contribution is -2.04. The molecule has 0 saturated heterocycles. The zero-order chi connectivity index (χ0) is 19.1. The lowest BCUT2D eigenvalue weighted by Gasteiger charge is -2.01. The molecule has 0 unspecified atom stereocenters. The smallest absolute Gasteiger partial charge is 0.457 e. The first-order valence-electron chi connectivity index (χ1n) is 7.50. The summed E-state index contributed by atoms with van der Waals surface area (Å²) in [7, 11) is 0. The first-order valence-corrected chi connectivity index (χ1v) is 7.50. The van der Waals surface area contributed by atoms with E-state index in [-0.39, 0.29) is 49.1 Å². The lowest BCUT2D eigenvalue weighted by atomic mass is 10.3. The SMILES string of the molecule is Cc1oc(=O)oc1COC(=O)CC=CCC(=O)OCc1oc(=O)oc1C. The van der Waals surface area contributed by atoms with Crippen LogP contribution in [0.4, 0.5) is 0 Å². The summed E-state index contributed by atoms with van der Waals surface area (Å²) in [6.45, 7) is 2.58. The van der Waals surface area contributed by atoms with E-state index in [9.17, 15) is 19.2 Å². The molecule has 2 rings (SSSR count). The molecule has 0 aromatic carbocycles. The van der Waals surface area contributed by atoms with Crippen molar-refractivity contribution in [1.29, 1.82) is 0 Å². The molecule has 26 heavy (non-hydrogen) atoms. The van der Waals surface area contributed by atoms with E-state index in [1.165, 1.54) is 26.0 Å². The fourth-order valence-corrected chi connectivity index (χ4v) is 1.78. The van der Waals surface area contributed by atoms with Gasteiger partial charge in [-0.1, -0.05) is 12.2 Å². The Hall–Kier alpha value is -3.30. The van der Waals surface area contributed by atoms with Crippen molar-refractivity contribution in [2.24, 2.45) is 0 Å². The van der Waals surface area contributed by atoms with E-state index >= 15 is 0 Å². The minimum absolute atomic E-state index is 0.0792. The largest absolute Gasteiger partial charge is 0.519 e. The Morgan fingerprint density at radius 1 is 0.769 bits per heavy atom. The lowest BCUT2D eigenvalue weighted by molar-refractivity contribution is -0.145. The van der Waals surface area contributed by atoms with Crippen molar-refractivity contribution in [2.75, 3.05) is 0 Å². The van der Waals surface area contributed by atoms with E-state index in [0.29, 0.717) is 0 Å². The molecule has 0 amide bonds. The van der Waals surface area contributed by atoms with Gasteiger partial charge in [-0.25, -0.2) is 9.59 Å². The van der Waals surface area contributed by atoms with Crippen LogP contribution in [0.15, 0.2) is 39.4 Å². The first-order chi connectivity index (χ1) is 12.3. The van der Waals surface area contributed by atoms with Crippen molar-refractivity contribution in [2.45, 2.75) is 39.9 Å². The highest BCUT2D eigenvalue weighted by molar-refractivity contribution is 5.73. The summed E-state index contributed by atoms with van der Waals surface area (Å²) in [6.07, 6.45) is 2.71. The fraction of sp³-hybridized carbons (Fsp3) is 0.375. The summed E-state index contributed by atoms with van der Waals surface area (Å²) in [5.74, 6) is -2.13. The van der Waals surface area contributed by atoms with Crippen LogP contribution in [0, 0.1) is 13.8 Å². The maximum Gasteiger partial charge on any atom is 0.519 e. The van der Waals surface area contributed by atoms with Gasteiger partial charge >= 0.3 is 23.6 Å². The summed E-state index contributed by atoms with van der Waals surface area (Å²) in [4.78, 5) is 44.8. The zero-order valence-electron chi connectivity index (χ0n) is 14.1. The highest BCUT2D eigenvalue weighted by Gasteiger charge is 2.12. The topological polar surface area (TPSA) is 139 Å². The standard InChI is InChI=1S/C16H16O10/c1-9-11(25-15(19)23-9)7-21-13(17)5-3-4-6-14(18)22-8-12-10(2)24-16(20)26-12/h3-4H,5-8H2,1-2H3. The maximum absolute atomic E-state index is 11.5. The third kappa shape index (κ3) is 5.65. The van der Waals surface area contributed by atoms with Crippen LogP contribution in [0.5, 0.6) is 0 Å². The predicted molar refractivity (Wildman–Crippen MR) is 81.9 cm³/mol. The molecule has 0 spiro atoms. The van der Waals surface area contributed by atoms with Crippen LogP contribution >= 0.6 is 0 Å². The number of aryl methyl sites for hydroxylation is 2.